The molecule has 23 heavy (non-hydrogen) atoms. The van der Waals surface area contributed by atoms with Gasteiger partial charge in [-0.15, -0.1) is 0 Å². The Morgan fingerprint density at radius 1 is 1.04 bits per heavy atom. The summed E-state index contributed by atoms with van der Waals surface area (Å²) in [6.45, 7) is 2.57. The van der Waals surface area contributed by atoms with Gasteiger partial charge >= 0.3 is 0 Å². The first-order chi connectivity index (χ1) is 11.0. The minimum absolute atomic E-state index is 0.0992. The number of halogens is 2. The number of hydrogen-bond acceptors (Lipinski definition) is 3. The average Bonchev–Trinajstić information content (AvgIpc) is 2.56. The highest BCUT2D eigenvalue weighted by atomic mass is 35.5. The SMILES string of the molecule is CC[C@@H](Oc1ccc([C@@H](O)CNC)cc1)c1ccc(Cl)c(Cl)c1. The largest absolute Gasteiger partial charge is 0.486 e. The Kier molecular flexibility index (Phi) is 6.72. The summed E-state index contributed by atoms with van der Waals surface area (Å²) in [6, 6.07) is 13.0. The van der Waals surface area contributed by atoms with Gasteiger partial charge in [0.15, 0.2) is 0 Å². The zero-order valence-electron chi connectivity index (χ0n) is 13.2. The van der Waals surface area contributed by atoms with Gasteiger partial charge in [0.25, 0.3) is 0 Å². The molecule has 0 spiro atoms. The first-order valence-electron chi connectivity index (χ1n) is 7.59. The quantitative estimate of drug-likeness (QED) is 0.752. The van der Waals surface area contributed by atoms with E-state index < -0.39 is 6.10 Å². The van der Waals surface area contributed by atoms with Crippen LogP contribution < -0.4 is 10.1 Å². The van der Waals surface area contributed by atoms with Crippen LogP contribution in [0.15, 0.2) is 42.5 Å². The Hall–Kier alpha value is -1.26. The monoisotopic (exact) mass is 353 g/mol. The molecule has 0 unspecified atom stereocenters. The lowest BCUT2D eigenvalue weighted by atomic mass is 10.1. The second kappa shape index (κ2) is 8.55. The van der Waals surface area contributed by atoms with Gasteiger partial charge in [-0.25, -0.2) is 0 Å². The van der Waals surface area contributed by atoms with Gasteiger partial charge in [-0.2, -0.15) is 0 Å². The standard InChI is InChI=1S/C18H21Cl2NO2/c1-3-18(13-6-9-15(19)16(20)10-13)23-14-7-4-12(5-8-14)17(22)11-21-2/h4-10,17-18,21-22H,3,11H2,1-2H3/t17-,18+/m0/s1. The van der Waals surface area contributed by atoms with Gasteiger partial charge in [-0.3, -0.25) is 0 Å². The molecule has 0 saturated carbocycles. The van der Waals surface area contributed by atoms with E-state index in [-0.39, 0.29) is 6.10 Å². The molecular formula is C18H21Cl2NO2. The van der Waals surface area contributed by atoms with Crippen molar-refractivity contribution in [3.8, 4) is 5.75 Å². The van der Waals surface area contributed by atoms with Gasteiger partial charge in [0.2, 0.25) is 0 Å². The molecule has 0 radical (unpaired) electrons. The number of likely N-dealkylation sites (N-methyl/N-ethyl adjacent to an activating group) is 1. The number of hydrogen-bond donors (Lipinski definition) is 2. The van der Waals surface area contributed by atoms with E-state index in [4.69, 9.17) is 27.9 Å². The minimum Gasteiger partial charge on any atom is -0.486 e. The number of rotatable bonds is 7. The topological polar surface area (TPSA) is 41.5 Å². The van der Waals surface area contributed by atoms with Crippen LogP contribution in [0.1, 0.15) is 36.7 Å². The molecular weight excluding hydrogens is 333 g/mol. The summed E-state index contributed by atoms with van der Waals surface area (Å²) in [4.78, 5) is 0. The molecule has 0 aliphatic rings. The average molecular weight is 354 g/mol. The van der Waals surface area contributed by atoms with Crippen LogP contribution >= 0.6 is 23.2 Å². The summed E-state index contributed by atoms with van der Waals surface area (Å²) < 4.78 is 6.04. The molecule has 2 rings (SSSR count). The Morgan fingerprint density at radius 2 is 1.70 bits per heavy atom. The second-order valence-electron chi connectivity index (χ2n) is 5.33. The van der Waals surface area contributed by atoms with Crippen molar-refractivity contribution in [3.63, 3.8) is 0 Å². The van der Waals surface area contributed by atoms with Crippen molar-refractivity contribution in [1.82, 2.24) is 5.32 Å². The fourth-order valence-corrected chi connectivity index (χ4v) is 2.65. The molecule has 0 bridgehead atoms. The van der Waals surface area contributed by atoms with Gasteiger partial charge < -0.3 is 15.2 Å². The first-order valence-corrected chi connectivity index (χ1v) is 8.35. The van der Waals surface area contributed by atoms with Crippen molar-refractivity contribution in [3.05, 3.63) is 63.6 Å². The Morgan fingerprint density at radius 3 is 2.26 bits per heavy atom. The summed E-state index contributed by atoms with van der Waals surface area (Å²) in [7, 11) is 1.81. The number of aliphatic hydroxyl groups excluding tert-OH is 1. The zero-order chi connectivity index (χ0) is 16.8. The van der Waals surface area contributed by atoms with Crippen molar-refractivity contribution in [1.29, 1.82) is 0 Å². The number of nitrogens with one attached hydrogen (secondary N) is 1. The van der Waals surface area contributed by atoms with E-state index in [1.807, 2.05) is 43.4 Å². The van der Waals surface area contributed by atoms with Crippen LogP contribution in [-0.4, -0.2) is 18.7 Å². The van der Waals surface area contributed by atoms with Crippen LogP contribution in [0.5, 0.6) is 5.75 Å². The molecule has 0 amide bonds. The highest BCUT2D eigenvalue weighted by Gasteiger charge is 2.13. The van der Waals surface area contributed by atoms with Crippen molar-refractivity contribution in [2.75, 3.05) is 13.6 Å². The molecule has 0 aromatic heterocycles. The Bertz CT molecular complexity index is 631. The number of benzene rings is 2. The summed E-state index contributed by atoms with van der Waals surface area (Å²) in [5, 5.41) is 14.0. The summed E-state index contributed by atoms with van der Waals surface area (Å²) >= 11 is 12.0. The number of aliphatic hydroxyl groups is 1. The van der Waals surface area contributed by atoms with Crippen LogP contribution in [-0.2, 0) is 0 Å². The van der Waals surface area contributed by atoms with E-state index in [0.717, 1.165) is 23.3 Å². The van der Waals surface area contributed by atoms with Gasteiger partial charge in [0.05, 0.1) is 16.1 Å². The zero-order valence-corrected chi connectivity index (χ0v) is 14.7. The van der Waals surface area contributed by atoms with Crippen LogP contribution in [0.2, 0.25) is 10.0 Å². The van der Waals surface area contributed by atoms with E-state index in [1.165, 1.54) is 0 Å². The van der Waals surface area contributed by atoms with Crippen LogP contribution in [0, 0.1) is 0 Å². The molecule has 3 nitrogen and oxygen atoms in total. The lowest BCUT2D eigenvalue weighted by Crippen LogP contribution is -2.16. The minimum atomic E-state index is -0.522. The van der Waals surface area contributed by atoms with Crippen LogP contribution in [0.25, 0.3) is 0 Å². The molecule has 0 aliphatic heterocycles. The molecule has 0 fully saturated rings. The normalized spacial score (nSPS) is 13.6. The summed E-state index contributed by atoms with van der Waals surface area (Å²) in [5.41, 5.74) is 1.84. The molecule has 0 heterocycles. The predicted molar refractivity (Wildman–Crippen MR) is 95.5 cm³/mol. The maximum atomic E-state index is 9.94. The third-order valence-corrected chi connectivity index (χ3v) is 4.37. The Labute approximate surface area is 147 Å². The lowest BCUT2D eigenvalue weighted by Gasteiger charge is -2.19. The molecule has 124 valence electrons. The lowest BCUT2D eigenvalue weighted by molar-refractivity contribution is 0.177. The van der Waals surface area contributed by atoms with Crippen molar-refractivity contribution < 1.29 is 9.84 Å². The van der Waals surface area contributed by atoms with E-state index in [2.05, 4.69) is 12.2 Å². The molecule has 2 aromatic rings. The number of ether oxygens (including phenoxy) is 1. The van der Waals surface area contributed by atoms with Crippen molar-refractivity contribution in [2.45, 2.75) is 25.6 Å². The summed E-state index contributed by atoms with van der Waals surface area (Å²) in [6.07, 6.45) is 0.186. The fraction of sp³-hybridized carbons (Fsp3) is 0.333. The van der Waals surface area contributed by atoms with Gasteiger partial charge in [-0.05, 0) is 48.9 Å². The summed E-state index contributed by atoms with van der Waals surface area (Å²) in [5.74, 6) is 0.753. The van der Waals surface area contributed by atoms with Gasteiger partial charge in [0, 0.05) is 6.54 Å². The van der Waals surface area contributed by atoms with Crippen LogP contribution in [0.4, 0.5) is 0 Å². The molecule has 5 heteroatoms. The van der Waals surface area contributed by atoms with E-state index >= 15 is 0 Å². The first kappa shape index (κ1) is 18.1. The molecule has 2 atom stereocenters. The van der Waals surface area contributed by atoms with Crippen LogP contribution in [0.3, 0.4) is 0 Å². The third kappa shape index (κ3) is 4.85. The van der Waals surface area contributed by atoms with Crippen molar-refractivity contribution >= 4 is 23.2 Å². The maximum Gasteiger partial charge on any atom is 0.124 e. The van der Waals surface area contributed by atoms with E-state index in [9.17, 15) is 5.11 Å². The molecule has 2 aromatic carbocycles. The van der Waals surface area contributed by atoms with Crippen molar-refractivity contribution in [2.24, 2.45) is 0 Å². The highest BCUT2D eigenvalue weighted by molar-refractivity contribution is 6.42. The van der Waals surface area contributed by atoms with E-state index in [0.29, 0.717) is 16.6 Å². The van der Waals surface area contributed by atoms with E-state index in [1.54, 1.807) is 6.07 Å². The maximum absolute atomic E-state index is 9.94. The van der Waals surface area contributed by atoms with Gasteiger partial charge in [-0.1, -0.05) is 48.3 Å². The predicted octanol–water partition coefficient (Wildman–Crippen LogP) is 4.78. The highest BCUT2D eigenvalue weighted by Crippen LogP contribution is 2.30. The molecule has 0 aliphatic carbocycles. The second-order valence-corrected chi connectivity index (χ2v) is 6.15. The fourth-order valence-electron chi connectivity index (χ4n) is 2.34. The van der Waals surface area contributed by atoms with Gasteiger partial charge in [0.1, 0.15) is 11.9 Å². The third-order valence-electron chi connectivity index (χ3n) is 3.63. The molecule has 2 N–H and O–H groups in total. The Balaban J connectivity index is 2.10. The smallest absolute Gasteiger partial charge is 0.124 e. The molecule has 0 saturated heterocycles.